The number of carbonyl (C=O) groups is 2. The zero-order valence-corrected chi connectivity index (χ0v) is 33.4. The number of aliphatic hydroxyl groups excluding tert-OH is 1. The van der Waals surface area contributed by atoms with Crippen LogP contribution in [0.3, 0.4) is 0 Å². The molecule has 0 fully saturated rings. The fraction of sp³-hybridized carbons (Fsp3) is 0.867. The molecule has 0 radical (unpaired) electrons. The van der Waals surface area contributed by atoms with Crippen LogP contribution in [-0.4, -0.2) is 36.4 Å². The summed E-state index contributed by atoms with van der Waals surface area (Å²) in [5, 5.41) is 9.57. The summed E-state index contributed by atoms with van der Waals surface area (Å²) in [4.78, 5) is 24.3. The van der Waals surface area contributed by atoms with Gasteiger partial charge in [-0.2, -0.15) is 0 Å². The molecule has 294 valence electrons. The maximum Gasteiger partial charge on any atom is 0.306 e. The first-order valence-corrected chi connectivity index (χ1v) is 21.9. The Balaban J connectivity index is 3.49. The third-order valence-corrected chi connectivity index (χ3v) is 9.75. The highest BCUT2D eigenvalue weighted by molar-refractivity contribution is 5.70. The minimum atomic E-state index is -0.774. The van der Waals surface area contributed by atoms with E-state index in [0.717, 1.165) is 51.4 Å². The number of ether oxygens (including phenoxy) is 2. The molecule has 1 N–H and O–H groups in total. The summed E-state index contributed by atoms with van der Waals surface area (Å²) in [6.07, 6.45) is 49.6. The van der Waals surface area contributed by atoms with E-state index in [0.29, 0.717) is 12.8 Å². The highest BCUT2D eigenvalue weighted by Gasteiger charge is 2.16. The zero-order valence-electron chi connectivity index (χ0n) is 33.4. The Kier molecular flexibility index (Phi) is 40.4. The molecule has 0 bridgehead atoms. The molecular formula is C45H84O5. The van der Waals surface area contributed by atoms with Gasteiger partial charge < -0.3 is 14.6 Å². The average molecular weight is 705 g/mol. The summed E-state index contributed by atoms with van der Waals surface area (Å²) in [5.41, 5.74) is 0. The Morgan fingerprint density at radius 1 is 0.460 bits per heavy atom. The third-order valence-electron chi connectivity index (χ3n) is 9.75. The van der Waals surface area contributed by atoms with Crippen LogP contribution in [0.15, 0.2) is 24.3 Å². The molecule has 50 heavy (non-hydrogen) atoms. The smallest absolute Gasteiger partial charge is 0.306 e. The van der Waals surface area contributed by atoms with Crippen molar-refractivity contribution in [2.24, 2.45) is 0 Å². The first-order valence-electron chi connectivity index (χ1n) is 21.9. The summed E-state index contributed by atoms with van der Waals surface area (Å²) in [7, 11) is 0. The Morgan fingerprint density at radius 2 is 0.800 bits per heavy atom. The van der Waals surface area contributed by atoms with E-state index in [1.54, 1.807) is 0 Å². The fourth-order valence-corrected chi connectivity index (χ4v) is 6.41. The molecule has 0 saturated heterocycles. The Labute approximate surface area is 311 Å². The van der Waals surface area contributed by atoms with Gasteiger partial charge in [0.2, 0.25) is 0 Å². The van der Waals surface area contributed by atoms with Gasteiger partial charge >= 0.3 is 11.9 Å². The van der Waals surface area contributed by atoms with Gasteiger partial charge in [0.15, 0.2) is 6.10 Å². The van der Waals surface area contributed by atoms with Crippen molar-refractivity contribution in [2.45, 2.75) is 238 Å². The van der Waals surface area contributed by atoms with Gasteiger partial charge in [-0.25, -0.2) is 0 Å². The second-order valence-electron chi connectivity index (χ2n) is 14.8. The van der Waals surface area contributed by atoms with E-state index in [1.807, 2.05) is 0 Å². The van der Waals surface area contributed by atoms with E-state index in [2.05, 4.69) is 38.2 Å². The molecule has 0 aliphatic rings. The minimum Gasteiger partial charge on any atom is -0.462 e. The van der Waals surface area contributed by atoms with Crippen LogP contribution < -0.4 is 0 Å². The topological polar surface area (TPSA) is 72.8 Å². The van der Waals surface area contributed by atoms with Crippen LogP contribution in [0, 0.1) is 0 Å². The zero-order chi connectivity index (χ0) is 36.4. The van der Waals surface area contributed by atoms with Gasteiger partial charge in [-0.3, -0.25) is 9.59 Å². The van der Waals surface area contributed by atoms with Gasteiger partial charge in [-0.1, -0.05) is 199 Å². The molecule has 1 unspecified atom stereocenters. The monoisotopic (exact) mass is 705 g/mol. The molecule has 0 rings (SSSR count). The molecule has 0 aromatic heterocycles. The van der Waals surface area contributed by atoms with Crippen LogP contribution in [0.5, 0.6) is 0 Å². The fourth-order valence-electron chi connectivity index (χ4n) is 6.41. The lowest BCUT2D eigenvalue weighted by Crippen LogP contribution is -2.28. The first-order chi connectivity index (χ1) is 24.6. The largest absolute Gasteiger partial charge is 0.462 e. The van der Waals surface area contributed by atoms with E-state index in [9.17, 15) is 14.7 Å². The molecule has 0 amide bonds. The second kappa shape index (κ2) is 41.8. The number of hydrogen-bond donors (Lipinski definition) is 1. The van der Waals surface area contributed by atoms with E-state index >= 15 is 0 Å². The van der Waals surface area contributed by atoms with Crippen molar-refractivity contribution in [3.05, 3.63) is 24.3 Å². The molecule has 0 aromatic rings. The van der Waals surface area contributed by atoms with Gasteiger partial charge in [0, 0.05) is 12.8 Å². The van der Waals surface area contributed by atoms with Gasteiger partial charge in [0.1, 0.15) is 6.61 Å². The van der Waals surface area contributed by atoms with Gasteiger partial charge in [0.05, 0.1) is 6.61 Å². The number of carbonyl (C=O) groups excluding carboxylic acids is 2. The summed E-state index contributed by atoms with van der Waals surface area (Å²) < 4.78 is 10.6. The van der Waals surface area contributed by atoms with Gasteiger partial charge in [0.25, 0.3) is 0 Å². The van der Waals surface area contributed by atoms with Crippen LogP contribution in [0.2, 0.25) is 0 Å². The molecule has 5 nitrogen and oxygen atoms in total. The van der Waals surface area contributed by atoms with Crippen molar-refractivity contribution in [2.75, 3.05) is 13.2 Å². The molecule has 0 aliphatic heterocycles. The summed E-state index contributed by atoms with van der Waals surface area (Å²) >= 11 is 0. The van der Waals surface area contributed by atoms with Crippen LogP contribution in [0.4, 0.5) is 0 Å². The van der Waals surface area contributed by atoms with Gasteiger partial charge in [-0.05, 0) is 44.9 Å². The van der Waals surface area contributed by atoms with E-state index in [1.165, 1.54) is 154 Å². The Morgan fingerprint density at radius 3 is 1.22 bits per heavy atom. The lowest BCUT2D eigenvalue weighted by molar-refractivity contribution is -0.161. The minimum absolute atomic E-state index is 0.0670. The predicted molar refractivity (Wildman–Crippen MR) is 215 cm³/mol. The van der Waals surface area contributed by atoms with E-state index < -0.39 is 6.10 Å². The third kappa shape index (κ3) is 39.2. The summed E-state index contributed by atoms with van der Waals surface area (Å²) in [5.74, 6) is -0.596. The van der Waals surface area contributed by atoms with Crippen LogP contribution in [0.1, 0.15) is 232 Å². The van der Waals surface area contributed by atoms with Crippen molar-refractivity contribution < 1.29 is 24.2 Å². The van der Waals surface area contributed by atoms with E-state index in [-0.39, 0.29) is 25.2 Å². The Bertz CT molecular complexity index is 761. The first kappa shape index (κ1) is 48.4. The number of hydrogen-bond acceptors (Lipinski definition) is 5. The molecule has 5 heteroatoms. The van der Waals surface area contributed by atoms with Crippen molar-refractivity contribution in [1.82, 2.24) is 0 Å². The quantitative estimate of drug-likeness (QED) is 0.0390. The maximum atomic E-state index is 12.2. The standard InChI is InChI=1S/C45H84O5/c1-3-5-7-9-11-13-15-17-19-20-21-22-23-24-26-27-29-31-33-35-37-39-44(47)49-42-43(41-46)50-45(48)40-38-36-34-32-30-28-25-18-16-14-12-10-8-6-4-2/h12,14,18,25,43,46H,3-11,13,15-17,19-24,26-42H2,1-2H3. The maximum absolute atomic E-state index is 12.2. The number of esters is 2. The van der Waals surface area contributed by atoms with Crippen molar-refractivity contribution in [3.63, 3.8) is 0 Å². The number of allylic oxidation sites excluding steroid dienone is 4. The molecule has 1 atom stereocenters. The Hall–Kier alpha value is -1.62. The summed E-state index contributed by atoms with van der Waals surface area (Å²) in [6.45, 7) is 4.12. The van der Waals surface area contributed by atoms with Crippen LogP contribution in [-0.2, 0) is 19.1 Å². The second-order valence-corrected chi connectivity index (χ2v) is 14.8. The predicted octanol–water partition coefficient (Wildman–Crippen LogP) is 13.8. The highest BCUT2D eigenvalue weighted by atomic mass is 16.6. The molecular weight excluding hydrogens is 620 g/mol. The number of unbranched alkanes of at least 4 members (excludes halogenated alkanes) is 28. The molecule has 0 heterocycles. The number of aliphatic hydroxyl groups is 1. The van der Waals surface area contributed by atoms with Crippen molar-refractivity contribution >= 4 is 11.9 Å². The number of rotatable bonds is 40. The lowest BCUT2D eigenvalue weighted by Gasteiger charge is -2.15. The van der Waals surface area contributed by atoms with Crippen molar-refractivity contribution in [1.29, 1.82) is 0 Å². The molecule has 0 aromatic carbocycles. The van der Waals surface area contributed by atoms with E-state index in [4.69, 9.17) is 9.47 Å². The van der Waals surface area contributed by atoms with Crippen LogP contribution in [0.25, 0.3) is 0 Å². The normalized spacial score (nSPS) is 12.3. The highest BCUT2D eigenvalue weighted by Crippen LogP contribution is 2.16. The van der Waals surface area contributed by atoms with Crippen LogP contribution >= 0.6 is 0 Å². The molecule has 0 aliphatic carbocycles. The average Bonchev–Trinajstić information content (AvgIpc) is 3.12. The lowest BCUT2D eigenvalue weighted by atomic mass is 10.0. The van der Waals surface area contributed by atoms with Crippen molar-refractivity contribution in [3.8, 4) is 0 Å². The van der Waals surface area contributed by atoms with Gasteiger partial charge in [-0.15, -0.1) is 0 Å². The molecule has 0 spiro atoms. The SMILES string of the molecule is CCCCCC=CCC=CCCCCCCCC(=O)OC(CO)COC(=O)CCCCCCCCCCCCCCCCCCCCCCC. The molecule has 0 saturated carbocycles. The summed E-state index contributed by atoms with van der Waals surface area (Å²) in [6, 6.07) is 0.